The van der Waals surface area contributed by atoms with Gasteiger partial charge in [0.1, 0.15) is 0 Å². The quantitative estimate of drug-likeness (QED) is 0.476. The number of rotatable bonds is 5. The Morgan fingerprint density at radius 2 is 1.90 bits per heavy atom. The van der Waals surface area contributed by atoms with Crippen molar-refractivity contribution < 1.29 is 9.32 Å². The summed E-state index contributed by atoms with van der Waals surface area (Å²) in [6, 6.07) is 11.6. The van der Waals surface area contributed by atoms with Crippen molar-refractivity contribution in [3.05, 3.63) is 64.4 Å². The van der Waals surface area contributed by atoms with E-state index in [9.17, 15) is 4.79 Å². The van der Waals surface area contributed by atoms with Crippen LogP contribution in [0.2, 0.25) is 0 Å². The number of para-hydroxylation sites is 1. The fraction of sp³-hybridized carbons (Fsp3) is 0.286. The number of carbonyl (C=O) groups is 1. The maximum Gasteiger partial charge on any atom is 0.276 e. The Hall–Kier alpha value is -3.37. The van der Waals surface area contributed by atoms with Crippen molar-refractivity contribution in [1.82, 2.24) is 34.9 Å². The number of benzene rings is 1. The Morgan fingerprint density at radius 1 is 1.10 bits per heavy atom. The molecule has 0 spiro atoms. The topological polar surface area (TPSA) is 93.2 Å². The standard InChI is InChI=1S/C21H21N7O2S/c1-15-19(24-28(23-15)17-5-3-2-4-6-17)21(29)27-10-8-26(9-11-27)13-18-22-20(25-30-18)16-7-12-31-14-16/h2-7,12,14H,8-11,13H2,1H3. The van der Waals surface area contributed by atoms with Crippen molar-refractivity contribution in [3.8, 4) is 17.1 Å². The Bertz CT molecular complexity index is 1160. The first-order valence-corrected chi connectivity index (χ1v) is 11.0. The van der Waals surface area contributed by atoms with Crippen LogP contribution in [0.15, 0.2) is 51.7 Å². The van der Waals surface area contributed by atoms with Gasteiger partial charge < -0.3 is 9.42 Å². The number of hydrogen-bond acceptors (Lipinski definition) is 8. The predicted octanol–water partition coefficient (Wildman–Crippen LogP) is 2.65. The maximum atomic E-state index is 13.0. The zero-order chi connectivity index (χ0) is 21.2. The zero-order valence-corrected chi connectivity index (χ0v) is 17.8. The average molecular weight is 436 g/mol. The fourth-order valence-electron chi connectivity index (χ4n) is 3.53. The second-order valence-electron chi connectivity index (χ2n) is 7.35. The van der Waals surface area contributed by atoms with Gasteiger partial charge >= 0.3 is 0 Å². The molecule has 31 heavy (non-hydrogen) atoms. The van der Waals surface area contributed by atoms with Gasteiger partial charge in [0.2, 0.25) is 11.7 Å². The number of thiophene rings is 1. The molecule has 0 unspecified atom stereocenters. The number of piperazine rings is 1. The monoisotopic (exact) mass is 435 g/mol. The molecule has 1 saturated heterocycles. The van der Waals surface area contributed by atoms with Gasteiger partial charge in [0.05, 0.1) is 17.9 Å². The van der Waals surface area contributed by atoms with Crippen molar-refractivity contribution in [2.45, 2.75) is 13.5 Å². The van der Waals surface area contributed by atoms with E-state index in [1.807, 2.05) is 59.0 Å². The minimum atomic E-state index is -0.0862. The van der Waals surface area contributed by atoms with Crippen LogP contribution in [0, 0.1) is 6.92 Å². The third kappa shape index (κ3) is 4.12. The van der Waals surface area contributed by atoms with Crippen molar-refractivity contribution in [3.63, 3.8) is 0 Å². The lowest BCUT2D eigenvalue weighted by molar-refractivity contribution is 0.0608. The predicted molar refractivity (Wildman–Crippen MR) is 115 cm³/mol. The van der Waals surface area contributed by atoms with Gasteiger partial charge in [-0.2, -0.15) is 26.2 Å². The van der Waals surface area contributed by atoms with Crippen molar-refractivity contribution in [2.24, 2.45) is 0 Å². The summed E-state index contributed by atoms with van der Waals surface area (Å²) >= 11 is 1.60. The number of carbonyl (C=O) groups excluding carboxylic acids is 1. The first-order chi connectivity index (χ1) is 15.2. The van der Waals surface area contributed by atoms with Crippen LogP contribution in [0.1, 0.15) is 22.1 Å². The molecule has 9 nitrogen and oxygen atoms in total. The second kappa shape index (κ2) is 8.40. The molecule has 3 aromatic heterocycles. The van der Waals surface area contributed by atoms with Gasteiger partial charge in [-0.05, 0) is 30.5 Å². The van der Waals surface area contributed by atoms with Gasteiger partial charge in [0.25, 0.3) is 5.91 Å². The maximum absolute atomic E-state index is 13.0. The van der Waals surface area contributed by atoms with E-state index in [-0.39, 0.29) is 5.91 Å². The molecule has 10 heteroatoms. The Morgan fingerprint density at radius 3 is 2.65 bits per heavy atom. The van der Waals surface area contributed by atoms with Crippen LogP contribution in [0.5, 0.6) is 0 Å². The van der Waals surface area contributed by atoms with Crippen LogP contribution < -0.4 is 0 Å². The molecule has 0 bridgehead atoms. The third-order valence-corrected chi connectivity index (χ3v) is 5.92. The average Bonchev–Trinajstić information content (AvgIpc) is 3.55. The molecule has 0 radical (unpaired) electrons. The highest BCUT2D eigenvalue weighted by atomic mass is 32.1. The highest BCUT2D eigenvalue weighted by Crippen LogP contribution is 2.19. The molecule has 0 aliphatic carbocycles. The number of nitrogens with zero attached hydrogens (tertiary/aromatic N) is 7. The lowest BCUT2D eigenvalue weighted by Crippen LogP contribution is -2.48. The summed E-state index contributed by atoms with van der Waals surface area (Å²) in [5.41, 5.74) is 2.82. The summed E-state index contributed by atoms with van der Waals surface area (Å²) in [6.07, 6.45) is 0. The Kier molecular flexibility index (Phi) is 5.31. The smallest absolute Gasteiger partial charge is 0.276 e. The van der Waals surface area contributed by atoms with E-state index in [0.29, 0.717) is 42.7 Å². The summed E-state index contributed by atoms with van der Waals surface area (Å²) in [5.74, 6) is 1.11. The molecule has 5 rings (SSSR count). The molecule has 1 aromatic carbocycles. The zero-order valence-electron chi connectivity index (χ0n) is 17.0. The number of amides is 1. The van der Waals surface area contributed by atoms with E-state index in [1.165, 1.54) is 4.80 Å². The molecule has 4 heterocycles. The van der Waals surface area contributed by atoms with Crippen molar-refractivity contribution in [2.75, 3.05) is 26.2 Å². The minimum Gasteiger partial charge on any atom is -0.338 e. The summed E-state index contributed by atoms with van der Waals surface area (Å²) in [5, 5.41) is 16.9. The van der Waals surface area contributed by atoms with Gasteiger partial charge in [-0.15, -0.1) is 5.10 Å². The van der Waals surface area contributed by atoms with Gasteiger partial charge in [-0.25, -0.2) is 0 Å². The molecular weight excluding hydrogens is 414 g/mol. The fourth-order valence-corrected chi connectivity index (χ4v) is 4.17. The molecule has 4 aromatic rings. The van der Waals surface area contributed by atoms with E-state index in [2.05, 4.69) is 25.2 Å². The summed E-state index contributed by atoms with van der Waals surface area (Å²) in [4.78, 5) is 23.0. The molecule has 1 amide bonds. The largest absolute Gasteiger partial charge is 0.338 e. The van der Waals surface area contributed by atoms with Gasteiger partial charge in [-0.3, -0.25) is 9.69 Å². The van der Waals surface area contributed by atoms with Gasteiger partial charge in [0, 0.05) is 37.1 Å². The first kappa shape index (κ1) is 19.6. The Balaban J connectivity index is 1.20. The molecule has 1 aliphatic heterocycles. The van der Waals surface area contributed by atoms with Crippen LogP contribution in [-0.4, -0.2) is 67.0 Å². The van der Waals surface area contributed by atoms with Crippen molar-refractivity contribution >= 4 is 17.2 Å². The summed E-state index contributed by atoms with van der Waals surface area (Å²) in [7, 11) is 0. The number of hydrogen-bond donors (Lipinski definition) is 0. The second-order valence-corrected chi connectivity index (χ2v) is 8.13. The van der Waals surface area contributed by atoms with E-state index in [1.54, 1.807) is 11.3 Å². The van der Waals surface area contributed by atoms with Crippen LogP contribution in [0.25, 0.3) is 17.1 Å². The van der Waals surface area contributed by atoms with Crippen LogP contribution in [0.3, 0.4) is 0 Å². The SMILES string of the molecule is Cc1nn(-c2ccccc2)nc1C(=O)N1CCN(Cc2nc(-c3ccsc3)no2)CC1. The summed E-state index contributed by atoms with van der Waals surface area (Å²) < 4.78 is 5.40. The van der Waals surface area contributed by atoms with E-state index in [4.69, 9.17) is 4.52 Å². The molecule has 0 atom stereocenters. The molecular formula is C21H21N7O2S. The first-order valence-electron chi connectivity index (χ1n) is 10.0. The van der Waals surface area contributed by atoms with E-state index >= 15 is 0 Å². The van der Waals surface area contributed by atoms with E-state index < -0.39 is 0 Å². The lowest BCUT2D eigenvalue weighted by Gasteiger charge is -2.33. The highest BCUT2D eigenvalue weighted by molar-refractivity contribution is 7.08. The minimum absolute atomic E-state index is 0.0862. The Labute approximate surface area is 182 Å². The third-order valence-electron chi connectivity index (χ3n) is 5.24. The highest BCUT2D eigenvalue weighted by Gasteiger charge is 2.27. The molecule has 0 N–H and O–H groups in total. The number of aryl methyl sites for hydroxylation is 1. The normalized spacial score (nSPS) is 14.8. The molecule has 1 fully saturated rings. The molecule has 1 aliphatic rings. The van der Waals surface area contributed by atoms with E-state index in [0.717, 1.165) is 24.3 Å². The van der Waals surface area contributed by atoms with Crippen LogP contribution in [-0.2, 0) is 6.54 Å². The van der Waals surface area contributed by atoms with Gasteiger partial charge in [-0.1, -0.05) is 23.4 Å². The lowest BCUT2D eigenvalue weighted by atomic mass is 10.2. The molecule has 0 saturated carbocycles. The van der Waals surface area contributed by atoms with Crippen LogP contribution >= 0.6 is 11.3 Å². The van der Waals surface area contributed by atoms with Crippen LogP contribution in [0.4, 0.5) is 0 Å². The summed E-state index contributed by atoms with van der Waals surface area (Å²) in [6.45, 7) is 5.07. The molecule has 158 valence electrons. The number of aromatic nitrogens is 5. The van der Waals surface area contributed by atoms with Gasteiger partial charge in [0.15, 0.2) is 5.69 Å². The van der Waals surface area contributed by atoms with Crippen molar-refractivity contribution in [1.29, 1.82) is 0 Å².